The largest absolute Gasteiger partial charge is 0.339 e. The molecule has 0 atom stereocenters. The minimum Gasteiger partial charge on any atom is -0.339 e. The molecule has 1 fully saturated rings. The molecule has 0 spiro atoms. The topological polar surface area (TPSA) is 53.5 Å². The van der Waals surface area contributed by atoms with Crippen LogP contribution in [0.3, 0.4) is 0 Å². The zero-order chi connectivity index (χ0) is 17.1. The maximum Gasteiger partial charge on any atom is 0.256 e. The van der Waals surface area contributed by atoms with E-state index >= 15 is 0 Å². The molecule has 0 unspecified atom stereocenters. The lowest BCUT2D eigenvalue weighted by Crippen LogP contribution is -2.51. The van der Waals surface area contributed by atoms with Crippen molar-refractivity contribution in [3.63, 3.8) is 0 Å². The summed E-state index contributed by atoms with van der Waals surface area (Å²) in [6, 6.07) is 7.35. The van der Waals surface area contributed by atoms with Crippen LogP contribution in [0, 0.1) is 6.92 Å². The molecule has 0 saturated carbocycles. The molecule has 1 aromatic carbocycles. The highest BCUT2D eigenvalue weighted by Gasteiger charge is 2.26. The van der Waals surface area contributed by atoms with Gasteiger partial charge >= 0.3 is 0 Å². The predicted molar refractivity (Wildman–Crippen MR) is 94.5 cm³/mol. The number of aromatic nitrogens is 1. The molecule has 1 aromatic heterocycles. The number of aryl methyl sites for hydroxylation is 1. The van der Waals surface area contributed by atoms with Gasteiger partial charge in [0.2, 0.25) is 5.91 Å². The highest BCUT2D eigenvalue weighted by molar-refractivity contribution is 7.03. The van der Waals surface area contributed by atoms with E-state index in [1.54, 1.807) is 16.3 Å². The van der Waals surface area contributed by atoms with Crippen LogP contribution in [-0.2, 0) is 11.2 Å². The Balaban J connectivity index is 1.56. The number of carbonyl (C=O) groups is 2. The Morgan fingerprint density at radius 1 is 1.21 bits per heavy atom. The van der Waals surface area contributed by atoms with Crippen molar-refractivity contribution < 1.29 is 9.59 Å². The molecule has 24 heavy (non-hydrogen) atoms. The third-order valence-corrected chi connectivity index (χ3v) is 5.10. The van der Waals surface area contributed by atoms with Crippen LogP contribution in [0.25, 0.3) is 0 Å². The lowest BCUT2D eigenvalue weighted by molar-refractivity contribution is -0.131. The van der Waals surface area contributed by atoms with Crippen LogP contribution in [0.4, 0.5) is 0 Å². The van der Waals surface area contributed by atoms with E-state index in [0.29, 0.717) is 43.2 Å². The van der Waals surface area contributed by atoms with E-state index in [1.807, 2.05) is 30.0 Å². The average Bonchev–Trinajstić information content (AvgIpc) is 3.00. The van der Waals surface area contributed by atoms with Gasteiger partial charge in [0.25, 0.3) is 5.91 Å². The van der Waals surface area contributed by atoms with E-state index in [4.69, 9.17) is 11.6 Å². The highest BCUT2D eigenvalue weighted by Crippen LogP contribution is 2.16. The Bertz CT molecular complexity index is 754. The first-order valence-electron chi connectivity index (χ1n) is 7.77. The van der Waals surface area contributed by atoms with E-state index in [9.17, 15) is 9.59 Å². The van der Waals surface area contributed by atoms with Gasteiger partial charge in [0.15, 0.2) is 0 Å². The molecule has 3 rings (SSSR count). The van der Waals surface area contributed by atoms with E-state index < -0.39 is 0 Å². The fourth-order valence-electron chi connectivity index (χ4n) is 2.76. The summed E-state index contributed by atoms with van der Waals surface area (Å²) in [7, 11) is 0. The van der Waals surface area contributed by atoms with Crippen LogP contribution in [0.5, 0.6) is 0 Å². The van der Waals surface area contributed by atoms with Gasteiger partial charge < -0.3 is 9.80 Å². The minimum atomic E-state index is 0.00295. The number of nitrogens with zero attached hydrogens (tertiary/aromatic N) is 3. The van der Waals surface area contributed by atoms with Crippen LogP contribution in [0.15, 0.2) is 29.6 Å². The zero-order valence-corrected chi connectivity index (χ0v) is 14.9. The Morgan fingerprint density at radius 2 is 1.92 bits per heavy atom. The second-order valence-corrected chi connectivity index (χ2v) is 6.86. The van der Waals surface area contributed by atoms with E-state index in [1.165, 1.54) is 11.5 Å². The normalized spacial score (nSPS) is 14.8. The summed E-state index contributed by atoms with van der Waals surface area (Å²) >= 11 is 7.25. The summed E-state index contributed by atoms with van der Waals surface area (Å²) in [4.78, 5) is 28.5. The Morgan fingerprint density at radius 3 is 2.54 bits per heavy atom. The molecule has 0 bridgehead atoms. The summed E-state index contributed by atoms with van der Waals surface area (Å²) in [5.41, 5.74) is 2.34. The van der Waals surface area contributed by atoms with Gasteiger partial charge in [0.1, 0.15) is 0 Å². The Labute approximate surface area is 150 Å². The first kappa shape index (κ1) is 16.9. The summed E-state index contributed by atoms with van der Waals surface area (Å²) in [5, 5.41) is 2.42. The van der Waals surface area contributed by atoms with Crippen molar-refractivity contribution >= 4 is 34.9 Å². The number of rotatable bonds is 3. The quantitative estimate of drug-likeness (QED) is 0.842. The van der Waals surface area contributed by atoms with Gasteiger partial charge in [-0.3, -0.25) is 9.59 Å². The fraction of sp³-hybridized carbons (Fsp3) is 0.353. The molecule has 2 amide bonds. The number of hydrogen-bond donors (Lipinski definition) is 0. The standard InChI is InChI=1S/C17H18ClN3O2S/c1-12-15(11-24-19-12)17(23)21-7-5-20(6-8-21)16(22)10-13-3-2-4-14(18)9-13/h2-4,9,11H,5-8,10H2,1H3. The van der Waals surface area contributed by atoms with Gasteiger partial charge in [-0.2, -0.15) is 4.37 Å². The van der Waals surface area contributed by atoms with Crippen molar-refractivity contribution in [3.8, 4) is 0 Å². The Kier molecular flexibility index (Phi) is 5.16. The molecule has 2 heterocycles. The molecule has 0 radical (unpaired) electrons. The second kappa shape index (κ2) is 7.32. The number of piperazine rings is 1. The van der Waals surface area contributed by atoms with Crippen LogP contribution in [0.2, 0.25) is 5.02 Å². The van der Waals surface area contributed by atoms with Crippen molar-refractivity contribution in [3.05, 3.63) is 51.5 Å². The number of amides is 2. The van der Waals surface area contributed by atoms with Crippen LogP contribution < -0.4 is 0 Å². The smallest absolute Gasteiger partial charge is 0.256 e. The predicted octanol–water partition coefficient (Wildman–Crippen LogP) is 2.63. The van der Waals surface area contributed by atoms with Crippen molar-refractivity contribution in [2.24, 2.45) is 0 Å². The lowest BCUT2D eigenvalue weighted by atomic mass is 10.1. The van der Waals surface area contributed by atoms with Crippen molar-refractivity contribution in [2.75, 3.05) is 26.2 Å². The maximum absolute atomic E-state index is 12.5. The third kappa shape index (κ3) is 3.76. The molecule has 1 saturated heterocycles. The highest BCUT2D eigenvalue weighted by atomic mass is 35.5. The molecule has 1 aliphatic heterocycles. The average molecular weight is 364 g/mol. The monoisotopic (exact) mass is 363 g/mol. The van der Waals surface area contributed by atoms with Crippen molar-refractivity contribution in [1.82, 2.24) is 14.2 Å². The fourth-order valence-corrected chi connectivity index (χ4v) is 3.66. The van der Waals surface area contributed by atoms with Gasteiger partial charge in [0.05, 0.1) is 17.7 Å². The first-order chi connectivity index (χ1) is 11.5. The van der Waals surface area contributed by atoms with Gasteiger partial charge in [-0.1, -0.05) is 23.7 Å². The first-order valence-corrected chi connectivity index (χ1v) is 8.98. The number of hydrogen-bond acceptors (Lipinski definition) is 4. The summed E-state index contributed by atoms with van der Waals surface area (Å²) in [5.74, 6) is 0.0703. The Hall–Kier alpha value is -1.92. The van der Waals surface area contributed by atoms with Crippen LogP contribution >= 0.6 is 23.1 Å². The van der Waals surface area contributed by atoms with Crippen molar-refractivity contribution in [1.29, 1.82) is 0 Å². The third-order valence-electron chi connectivity index (χ3n) is 4.14. The van der Waals surface area contributed by atoms with Gasteiger partial charge in [0, 0.05) is 36.6 Å². The molecule has 1 aliphatic rings. The van der Waals surface area contributed by atoms with E-state index in [0.717, 1.165) is 11.3 Å². The SMILES string of the molecule is Cc1nscc1C(=O)N1CCN(C(=O)Cc2cccc(Cl)c2)CC1. The molecule has 0 N–H and O–H groups in total. The summed E-state index contributed by atoms with van der Waals surface area (Å²) in [6.45, 7) is 4.06. The lowest BCUT2D eigenvalue weighted by Gasteiger charge is -2.34. The van der Waals surface area contributed by atoms with Gasteiger partial charge in [-0.25, -0.2) is 0 Å². The molecular weight excluding hydrogens is 346 g/mol. The van der Waals surface area contributed by atoms with E-state index in [-0.39, 0.29) is 11.8 Å². The summed E-state index contributed by atoms with van der Waals surface area (Å²) in [6.07, 6.45) is 0.335. The molecule has 5 nitrogen and oxygen atoms in total. The molecule has 7 heteroatoms. The molecular formula is C17H18ClN3O2S. The van der Waals surface area contributed by atoms with Crippen molar-refractivity contribution in [2.45, 2.75) is 13.3 Å². The minimum absolute atomic E-state index is 0.00295. The molecule has 0 aliphatic carbocycles. The number of carbonyl (C=O) groups excluding carboxylic acids is 2. The van der Waals surface area contributed by atoms with Gasteiger partial charge in [-0.15, -0.1) is 0 Å². The zero-order valence-electron chi connectivity index (χ0n) is 13.4. The molecule has 2 aromatic rings. The second-order valence-electron chi connectivity index (χ2n) is 5.79. The summed E-state index contributed by atoms with van der Waals surface area (Å²) < 4.78 is 4.15. The number of halogens is 1. The molecule has 126 valence electrons. The number of benzene rings is 1. The van der Waals surface area contributed by atoms with E-state index in [2.05, 4.69) is 4.37 Å². The van der Waals surface area contributed by atoms with Crippen LogP contribution in [-0.4, -0.2) is 52.2 Å². The maximum atomic E-state index is 12.5. The van der Waals surface area contributed by atoms with Gasteiger partial charge in [-0.05, 0) is 36.2 Å². The van der Waals surface area contributed by atoms with Crippen LogP contribution in [0.1, 0.15) is 21.6 Å².